The summed E-state index contributed by atoms with van der Waals surface area (Å²) in [6.07, 6.45) is 1.05. The summed E-state index contributed by atoms with van der Waals surface area (Å²) in [6, 6.07) is 0. The molecule has 2 N–H and O–H groups in total. The van der Waals surface area contributed by atoms with Crippen LogP contribution < -0.4 is 10.6 Å². The number of nitrogens with one attached hydrogen (secondary N) is 2. The molecule has 0 aliphatic rings. The first kappa shape index (κ1) is 20.0. The van der Waals surface area contributed by atoms with Crippen molar-refractivity contribution < 1.29 is 13.2 Å². The Morgan fingerprint density at radius 2 is 1.78 bits per heavy atom. The van der Waals surface area contributed by atoms with Gasteiger partial charge in [0.25, 0.3) is 0 Å². The van der Waals surface area contributed by atoms with Gasteiger partial charge in [0.1, 0.15) is 0 Å². The van der Waals surface area contributed by atoms with Crippen LogP contribution in [0.25, 0.3) is 0 Å². The summed E-state index contributed by atoms with van der Waals surface area (Å²) in [4.78, 5) is 11.4. The lowest BCUT2D eigenvalue weighted by Crippen LogP contribution is -2.41. The van der Waals surface area contributed by atoms with Gasteiger partial charge in [-0.1, -0.05) is 6.92 Å². The van der Waals surface area contributed by atoms with E-state index in [9.17, 15) is 13.2 Å². The van der Waals surface area contributed by atoms with Crippen LogP contribution >= 0.6 is 12.4 Å². The molecule has 0 bridgehead atoms. The Morgan fingerprint density at radius 1 is 1.17 bits per heavy atom. The molecule has 0 aliphatic heterocycles. The van der Waals surface area contributed by atoms with Crippen LogP contribution in [-0.2, 0) is 14.8 Å². The van der Waals surface area contributed by atoms with Crippen molar-refractivity contribution in [2.45, 2.75) is 20.3 Å². The van der Waals surface area contributed by atoms with Crippen molar-refractivity contribution in [1.29, 1.82) is 0 Å². The Hall–Kier alpha value is -0.370. The zero-order chi connectivity index (χ0) is 13.3. The molecule has 0 spiro atoms. The minimum Gasteiger partial charge on any atom is -0.354 e. The molecule has 0 fully saturated rings. The van der Waals surface area contributed by atoms with Gasteiger partial charge in [-0.15, -0.1) is 12.4 Å². The molecule has 0 radical (unpaired) electrons. The summed E-state index contributed by atoms with van der Waals surface area (Å²) < 4.78 is 23.8. The van der Waals surface area contributed by atoms with Crippen LogP contribution in [0.1, 0.15) is 20.3 Å². The maximum Gasteiger partial charge on any atom is 0.235 e. The van der Waals surface area contributed by atoms with E-state index in [2.05, 4.69) is 17.6 Å². The van der Waals surface area contributed by atoms with Crippen molar-refractivity contribution in [2.24, 2.45) is 0 Å². The highest BCUT2D eigenvalue weighted by Gasteiger charge is 2.17. The van der Waals surface area contributed by atoms with Gasteiger partial charge >= 0.3 is 0 Å². The fourth-order valence-corrected chi connectivity index (χ4v) is 1.92. The number of halogens is 1. The van der Waals surface area contributed by atoms with E-state index in [0.717, 1.165) is 17.3 Å². The van der Waals surface area contributed by atoms with Crippen LogP contribution in [0.3, 0.4) is 0 Å². The zero-order valence-corrected chi connectivity index (χ0v) is 12.9. The summed E-state index contributed by atoms with van der Waals surface area (Å²) in [6.45, 7) is 5.63. The van der Waals surface area contributed by atoms with E-state index in [4.69, 9.17) is 0 Å². The Labute approximate surface area is 116 Å². The number of hydrogen-bond acceptors (Lipinski definition) is 4. The smallest absolute Gasteiger partial charge is 0.235 e. The molecule has 0 rings (SSSR count). The molecule has 8 heteroatoms. The Morgan fingerprint density at radius 3 is 2.28 bits per heavy atom. The first-order valence-corrected chi connectivity index (χ1v) is 7.46. The Kier molecular flexibility index (Phi) is 11.7. The number of rotatable bonds is 9. The van der Waals surface area contributed by atoms with Gasteiger partial charge in [-0.3, -0.25) is 4.79 Å². The van der Waals surface area contributed by atoms with E-state index in [0.29, 0.717) is 13.1 Å². The summed E-state index contributed by atoms with van der Waals surface area (Å²) in [5, 5.41) is 5.80. The third-order valence-corrected chi connectivity index (χ3v) is 4.07. The highest BCUT2D eigenvalue weighted by atomic mass is 35.5. The van der Waals surface area contributed by atoms with Gasteiger partial charge in [0.05, 0.1) is 12.3 Å². The van der Waals surface area contributed by atoms with Crippen molar-refractivity contribution in [2.75, 3.05) is 39.0 Å². The molecule has 0 atom stereocenters. The first-order valence-electron chi connectivity index (χ1n) is 5.85. The van der Waals surface area contributed by atoms with Crippen molar-refractivity contribution in [3.8, 4) is 0 Å². The lowest BCUT2D eigenvalue weighted by atomic mass is 10.4. The van der Waals surface area contributed by atoms with Crippen LogP contribution in [0.2, 0.25) is 0 Å². The van der Waals surface area contributed by atoms with Gasteiger partial charge in [-0.05, 0) is 19.9 Å². The lowest BCUT2D eigenvalue weighted by Gasteiger charge is -2.15. The van der Waals surface area contributed by atoms with E-state index in [-0.39, 0.29) is 30.6 Å². The Bertz CT molecular complexity index is 322. The molecular weight excluding hydrogens is 278 g/mol. The molecule has 0 aromatic heterocycles. The predicted molar refractivity (Wildman–Crippen MR) is 75.5 cm³/mol. The number of amides is 1. The molecule has 0 saturated carbocycles. The van der Waals surface area contributed by atoms with Gasteiger partial charge in [0, 0.05) is 20.1 Å². The van der Waals surface area contributed by atoms with Crippen molar-refractivity contribution in [3.63, 3.8) is 0 Å². The van der Waals surface area contributed by atoms with Crippen LogP contribution in [-0.4, -0.2) is 57.6 Å². The minimum atomic E-state index is -3.28. The average Bonchev–Trinajstić information content (AvgIpc) is 2.28. The van der Waals surface area contributed by atoms with Crippen LogP contribution in [0.5, 0.6) is 0 Å². The number of carbonyl (C=O) groups is 1. The lowest BCUT2D eigenvalue weighted by molar-refractivity contribution is -0.121. The van der Waals surface area contributed by atoms with Gasteiger partial charge in [0.15, 0.2) is 0 Å². The van der Waals surface area contributed by atoms with Gasteiger partial charge in [-0.25, -0.2) is 8.42 Å². The molecule has 18 heavy (non-hydrogen) atoms. The highest BCUT2D eigenvalue weighted by molar-refractivity contribution is 7.89. The van der Waals surface area contributed by atoms with E-state index < -0.39 is 10.0 Å². The van der Waals surface area contributed by atoms with Gasteiger partial charge in [0.2, 0.25) is 15.9 Å². The average molecular weight is 302 g/mol. The van der Waals surface area contributed by atoms with Gasteiger partial charge < -0.3 is 10.6 Å². The second-order valence-corrected chi connectivity index (χ2v) is 6.12. The number of hydrogen-bond donors (Lipinski definition) is 2. The fourth-order valence-electron chi connectivity index (χ4n) is 1.17. The zero-order valence-electron chi connectivity index (χ0n) is 11.2. The molecule has 0 aromatic rings. The summed E-state index contributed by atoms with van der Waals surface area (Å²) >= 11 is 0. The van der Waals surface area contributed by atoms with Crippen LogP contribution in [0.4, 0.5) is 0 Å². The van der Waals surface area contributed by atoms with Crippen LogP contribution in [0.15, 0.2) is 0 Å². The molecule has 0 aliphatic carbocycles. The second kappa shape index (κ2) is 10.5. The molecule has 1 amide bonds. The van der Waals surface area contributed by atoms with E-state index in [1.165, 1.54) is 7.05 Å². The topological polar surface area (TPSA) is 78.5 Å². The fraction of sp³-hybridized carbons (Fsp3) is 0.900. The normalized spacial score (nSPS) is 11.1. The number of likely N-dealkylation sites (N-methyl/N-ethyl adjacent to an activating group) is 1. The Balaban J connectivity index is 0. The standard InChI is InChI=1S/C10H23N3O3S.ClH/c1-4-6-11-7-8-12-10(14)9-13(3)17(15,16)5-2;/h11H,4-9H2,1-3H3,(H,12,14);1H. The number of carbonyl (C=O) groups excluding carboxylic acids is 1. The molecular formula is C10H24ClN3O3S. The highest BCUT2D eigenvalue weighted by Crippen LogP contribution is 1.95. The third kappa shape index (κ3) is 8.68. The SMILES string of the molecule is CCCNCCNC(=O)CN(C)S(=O)(=O)CC.Cl. The van der Waals surface area contributed by atoms with E-state index in [1.54, 1.807) is 6.92 Å². The maximum atomic E-state index is 11.4. The first-order chi connectivity index (χ1) is 7.94. The van der Waals surface area contributed by atoms with Crippen LogP contribution in [0, 0.1) is 0 Å². The number of nitrogens with zero attached hydrogens (tertiary/aromatic N) is 1. The van der Waals surface area contributed by atoms with Crippen molar-refractivity contribution in [3.05, 3.63) is 0 Å². The molecule has 0 heterocycles. The molecule has 0 saturated heterocycles. The summed E-state index contributed by atoms with van der Waals surface area (Å²) in [5.41, 5.74) is 0. The minimum absolute atomic E-state index is 0. The predicted octanol–water partition coefficient (Wildman–Crippen LogP) is -0.194. The quantitative estimate of drug-likeness (QED) is 0.579. The monoisotopic (exact) mass is 301 g/mol. The maximum absolute atomic E-state index is 11.4. The largest absolute Gasteiger partial charge is 0.354 e. The second-order valence-electron chi connectivity index (χ2n) is 3.76. The van der Waals surface area contributed by atoms with Gasteiger partial charge in [-0.2, -0.15) is 4.31 Å². The summed E-state index contributed by atoms with van der Waals surface area (Å²) in [7, 11) is -1.87. The number of sulfonamides is 1. The van der Waals surface area contributed by atoms with E-state index >= 15 is 0 Å². The van der Waals surface area contributed by atoms with Crippen molar-refractivity contribution in [1.82, 2.24) is 14.9 Å². The van der Waals surface area contributed by atoms with Crippen molar-refractivity contribution >= 4 is 28.3 Å². The summed E-state index contributed by atoms with van der Waals surface area (Å²) in [5.74, 6) is -0.266. The molecule has 110 valence electrons. The third-order valence-electron chi connectivity index (χ3n) is 2.26. The molecule has 0 aromatic carbocycles. The molecule has 6 nitrogen and oxygen atoms in total. The van der Waals surface area contributed by atoms with E-state index in [1.807, 2.05) is 0 Å². The molecule has 0 unspecified atom stereocenters.